The first kappa shape index (κ1) is 16.8. The van der Waals surface area contributed by atoms with Crippen LogP contribution in [0.3, 0.4) is 0 Å². The van der Waals surface area contributed by atoms with Crippen LogP contribution >= 0.6 is 0 Å². The second-order valence-corrected chi connectivity index (χ2v) is 5.82. The van der Waals surface area contributed by atoms with Crippen molar-refractivity contribution >= 4 is 17.6 Å². The predicted molar refractivity (Wildman–Crippen MR) is 89.5 cm³/mol. The highest BCUT2D eigenvalue weighted by Crippen LogP contribution is 2.17. The molecule has 1 heterocycles. The van der Waals surface area contributed by atoms with Crippen LogP contribution in [0.4, 0.5) is 5.69 Å². The quantitative estimate of drug-likeness (QED) is 0.861. The van der Waals surface area contributed by atoms with Gasteiger partial charge in [0.25, 0.3) is 5.91 Å². The molecule has 122 valence electrons. The number of carbonyl (C=O) groups excluding carboxylic acids is 2. The maximum Gasteiger partial charge on any atom is 0.355 e. The fraction of sp³-hybridized carbons (Fsp3) is 0.333. The third-order valence-corrected chi connectivity index (χ3v) is 3.65. The maximum absolute atomic E-state index is 12.1. The molecule has 0 radical (unpaired) electrons. The van der Waals surface area contributed by atoms with Gasteiger partial charge in [0.2, 0.25) is 0 Å². The van der Waals surface area contributed by atoms with E-state index >= 15 is 0 Å². The molecule has 1 atom stereocenters. The summed E-state index contributed by atoms with van der Waals surface area (Å²) in [5.74, 6) is -0.440. The number of amides is 1. The third kappa shape index (κ3) is 4.22. The van der Waals surface area contributed by atoms with Crippen molar-refractivity contribution in [1.82, 2.24) is 4.57 Å². The molecule has 5 heteroatoms. The molecule has 23 heavy (non-hydrogen) atoms. The third-order valence-electron chi connectivity index (χ3n) is 3.65. The lowest BCUT2D eigenvalue weighted by Gasteiger charge is -2.14. The average Bonchev–Trinajstić information content (AvgIpc) is 2.93. The molecule has 0 aliphatic heterocycles. The zero-order chi connectivity index (χ0) is 17.0. The lowest BCUT2D eigenvalue weighted by molar-refractivity contribution is -0.123. The van der Waals surface area contributed by atoms with Crippen molar-refractivity contribution in [2.75, 3.05) is 5.32 Å². The lowest BCUT2D eigenvalue weighted by atomic mass is 10.0. The van der Waals surface area contributed by atoms with Gasteiger partial charge in [-0.2, -0.15) is 0 Å². The molecule has 2 aromatic rings. The highest BCUT2D eigenvalue weighted by atomic mass is 16.5. The topological polar surface area (TPSA) is 60.3 Å². The van der Waals surface area contributed by atoms with E-state index in [-0.39, 0.29) is 5.91 Å². The van der Waals surface area contributed by atoms with Crippen LogP contribution < -0.4 is 5.32 Å². The van der Waals surface area contributed by atoms with E-state index in [9.17, 15) is 9.59 Å². The first-order chi connectivity index (χ1) is 10.9. The first-order valence-corrected chi connectivity index (χ1v) is 7.61. The van der Waals surface area contributed by atoms with Gasteiger partial charge in [0.1, 0.15) is 5.69 Å². The molecule has 0 unspecified atom stereocenters. The molecular weight excluding hydrogens is 292 g/mol. The molecule has 1 aromatic heterocycles. The number of esters is 1. The number of rotatable bonds is 5. The molecular formula is C18H22N2O3. The molecule has 0 saturated heterocycles. The van der Waals surface area contributed by atoms with Crippen molar-refractivity contribution in [1.29, 1.82) is 0 Å². The maximum atomic E-state index is 12.1. The van der Waals surface area contributed by atoms with Crippen LogP contribution in [0.2, 0.25) is 0 Å². The fourth-order valence-corrected chi connectivity index (χ4v) is 2.14. The zero-order valence-corrected chi connectivity index (χ0v) is 13.9. The Balaban J connectivity index is 1.94. The van der Waals surface area contributed by atoms with Crippen LogP contribution in [-0.4, -0.2) is 22.5 Å². The number of hydrogen-bond donors (Lipinski definition) is 1. The van der Waals surface area contributed by atoms with Gasteiger partial charge in [0, 0.05) is 18.9 Å². The van der Waals surface area contributed by atoms with E-state index in [4.69, 9.17) is 4.74 Å². The van der Waals surface area contributed by atoms with Crippen LogP contribution in [0.5, 0.6) is 0 Å². The van der Waals surface area contributed by atoms with E-state index in [2.05, 4.69) is 19.2 Å². The Labute approximate surface area is 136 Å². The van der Waals surface area contributed by atoms with Gasteiger partial charge in [-0.15, -0.1) is 0 Å². The second kappa shape index (κ2) is 7.13. The summed E-state index contributed by atoms with van der Waals surface area (Å²) in [5, 5.41) is 2.75. The van der Waals surface area contributed by atoms with E-state index in [1.165, 1.54) is 5.56 Å². The van der Waals surface area contributed by atoms with E-state index < -0.39 is 12.1 Å². The Hall–Kier alpha value is -2.56. The minimum Gasteiger partial charge on any atom is -0.448 e. The monoisotopic (exact) mass is 314 g/mol. The van der Waals surface area contributed by atoms with E-state index in [0.29, 0.717) is 17.3 Å². The van der Waals surface area contributed by atoms with Gasteiger partial charge >= 0.3 is 5.97 Å². The van der Waals surface area contributed by atoms with Crippen molar-refractivity contribution in [3.63, 3.8) is 0 Å². The minimum absolute atomic E-state index is 0.357. The molecule has 0 aliphatic carbocycles. The first-order valence-electron chi connectivity index (χ1n) is 7.61. The smallest absolute Gasteiger partial charge is 0.355 e. The second-order valence-electron chi connectivity index (χ2n) is 5.82. The van der Waals surface area contributed by atoms with Gasteiger partial charge in [-0.3, -0.25) is 4.79 Å². The highest BCUT2D eigenvalue weighted by Gasteiger charge is 2.20. The summed E-state index contributed by atoms with van der Waals surface area (Å²) < 4.78 is 6.85. The van der Waals surface area contributed by atoms with Crippen LogP contribution in [0, 0.1) is 0 Å². The van der Waals surface area contributed by atoms with Gasteiger partial charge in [-0.05, 0) is 42.7 Å². The average molecular weight is 314 g/mol. The molecule has 2 rings (SSSR count). The number of ether oxygens (including phenoxy) is 1. The Kier molecular flexibility index (Phi) is 5.21. The van der Waals surface area contributed by atoms with Gasteiger partial charge in [-0.25, -0.2) is 4.79 Å². The number of benzene rings is 1. The van der Waals surface area contributed by atoms with Gasteiger partial charge < -0.3 is 14.6 Å². The SMILES string of the molecule is CC(C)c1ccc(NC(=O)[C@H](C)OC(=O)c2cccn2C)cc1. The molecule has 1 aromatic carbocycles. The standard InChI is InChI=1S/C18H22N2O3/c1-12(2)14-7-9-15(10-8-14)19-17(21)13(3)23-18(22)16-6-5-11-20(16)4/h5-13H,1-4H3,(H,19,21)/t13-/m0/s1. The number of hydrogen-bond acceptors (Lipinski definition) is 3. The summed E-state index contributed by atoms with van der Waals surface area (Å²) in [7, 11) is 1.75. The molecule has 1 amide bonds. The van der Waals surface area contributed by atoms with Gasteiger partial charge in [0.15, 0.2) is 6.10 Å². The van der Waals surface area contributed by atoms with Crippen molar-refractivity contribution < 1.29 is 14.3 Å². The number of anilines is 1. The van der Waals surface area contributed by atoms with E-state index in [0.717, 1.165) is 0 Å². The summed E-state index contributed by atoms with van der Waals surface area (Å²) >= 11 is 0. The molecule has 0 fully saturated rings. The molecule has 5 nitrogen and oxygen atoms in total. The molecule has 0 spiro atoms. The zero-order valence-electron chi connectivity index (χ0n) is 13.9. The Bertz CT molecular complexity index is 687. The number of nitrogens with zero attached hydrogens (tertiary/aromatic N) is 1. The number of carbonyl (C=O) groups is 2. The number of nitrogens with one attached hydrogen (secondary N) is 1. The largest absolute Gasteiger partial charge is 0.448 e. The molecule has 1 N–H and O–H groups in total. The van der Waals surface area contributed by atoms with Gasteiger partial charge in [0.05, 0.1) is 0 Å². The van der Waals surface area contributed by atoms with E-state index in [1.54, 1.807) is 36.9 Å². The molecule has 0 bridgehead atoms. The summed E-state index contributed by atoms with van der Waals surface area (Å²) in [6.07, 6.45) is 0.875. The highest BCUT2D eigenvalue weighted by molar-refractivity contribution is 5.96. The minimum atomic E-state index is -0.873. The van der Waals surface area contributed by atoms with Crippen molar-refractivity contribution in [3.8, 4) is 0 Å². The normalized spacial score (nSPS) is 12.0. The van der Waals surface area contributed by atoms with Crippen LogP contribution in [-0.2, 0) is 16.6 Å². The van der Waals surface area contributed by atoms with Crippen LogP contribution in [0.15, 0.2) is 42.6 Å². The van der Waals surface area contributed by atoms with Crippen LogP contribution in [0.1, 0.15) is 42.7 Å². The number of aromatic nitrogens is 1. The predicted octanol–water partition coefficient (Wildman–Crippen LogP) is 3.33. The summed E-state index contributed by atoms with van der Waals surface area (Å²) in [6, 6.07) is 11.0. The fourth-order valence-electron chi connectivity index (χ4n) is 2.14. The van der Waals surface area contributed by atoms with Crippen molar-refractivity contribution in [2.24, 2.45) is 7.05 Å². The summed E-state index contributed by atoms with van der Waals surface area (Å²) in [4.78, 5) is 24.1. The Morgan fingerprint density at radius 1 is 1.09 bits per heavy atom. The van der Waals surface area contributed by atoms with Crippen molar-refractivity contribution in [3.05, 3.63) is 53.9 Å². The molecule has 0 saturated carbocycles. The number of aryl methyl sites for hydroxylation is 1. The molecule has 0 aliphatic rings. The van der Waals surface area contributed by atoms with Crippen molar-refractivity contribution in [2.45, 2.75) is 32.8 Å². The Morgan fingerprint density at radius 3 is 2.26 bits per heavy atom. The van der Waals surface area contributed by atoms with Crippen LogP contribution in [0.25, 0.3) is 0 Å². The summed E-state index contributed by atoms with van der Waals surface area (Å²) in [5.41, 5.74) is 2.29. The van der Waals surface area contributed by atoms with Gasteiger partial charge in [-0.1, -0.05) is 26.0 Å². The lowest BCUT2D eigenvalue weighted by Crippen LogP contribution is -2.30. The summed E-state index contributed by atoms with van der Waals surface area (Å²) in [6.45, 7) is 5.77. The Morgan fingerprint density at radius 2 is 1.74 bits per heavy atom. The van der Waals surface area contributed by atoms with E-state index in [1.807, 2.05) is 24.3 Å².